The minimum atomic E-state index is 0.355. The van der Waals surface area contributed by atoms with Crippen LogP contribution in [0.15, 0.2) is 18.3 Å². The van der Waals surface area contributed by atoms with E-state index in [0.29, 0.717) is 11.1 Å². The molecule has 1 unspecified atom stereocenters. The van der Waals surface area contributed by atoms with Crippen LogP contribution in [0.3, 0.4) is 0 Å². The van der Waals surface area contributed by atoms with Crippen molar-refractivity contribution in [2.24, 2.45) is 0 Å². The fraction of sp³-hybridized carbons (Fsp3) is 0.667. The van der Waals surface area contributed by atoms with Gasteiger partial charge < -0.3 is 5.32 Å². The van der Waals surface area contributed by atoms with Gasteiger partial charge in [0, 0.05) is 12.2 Å². The lowest BCUT2D eigenvalue weighted by molar-refractivity contribution is 0.489. The van der Waals surface area contributed by atoms with Crippen molar-refractivity contribution in [2.75, 3.05) is 7.05 Å². The van der Waals surface area contributed by atoms with Gasteiger partial charge in [-0.1, -0.05) is 57.0 Å². The molecule has 1 rings (SSSR count). The highest BCUT2D eigenvalue weighted by Crippen LogP contribution is 2.19. The zero-order valence-corrected chi connectivity index (χ0v) is 12.3. The summed E-state index contributed by atoms with van der Waals surface area (Å²) in [7, 11) is 2.00. The SMILES string of the molecule is CCCCCCCCC(NC)c1ccc(Cl)cn1. The Balaban J connectivity index is 2.27. The number of aromatic nitrogens is 1. The Morgan fingerprint density at radius 1 is 1.17 bits per heavy atom. The van der Waals surface area contributed by atoms with Crippen LogP contribution in [0.1, 0.15) is 63.6 Å². The second-order valence-electron chi connectivity index (χ2n) is 4.80. The third-order valence-electron chi connectivity index (χ3n) is 3.30. The van der Waals surface area contributed by atoms with E-state index in [1.807, 2.05) is 19.2 Å². The molecule has 0 saturated heterocycles. The normalized spacial score (nSPS) is 12.6. The Morgan fingerprint density at radius 2 is 1.89 bits per heavy atom. The first-order valence-electron chi connectivity index (χ1n) is 7.06. The number of nitrogens with one attached hydrogen (secondary N) is 1. The first-order valence-corrected chi connectivity index (χ1v) is 7.44. The standard InChI is InChI=1S/C15H25ClN2/c1-3-4-5-6-7-8-9-14(17-2)15-11-10-13(16)12-18-15/h10-12,14,17H,3-9H2,1-2H3. The number of pyridine rings is 1. The summed E-state index contributed by atoms with van der Waals surface area (Å²) >= 11 is 5.85. The highest BCUT2D eigenvalue weighted by atomic mass is 35.5. The lowest BCUT2D eigenvalue weighted by Crippen LogP contribution is -2.17. The van der Waals surface area contributed by atoms with Crippen LogP contribution >= 0.6 is 11.6 Å². The predicted molar refractivity (Wildman–Crippen MR) is 79.0 cm³/mol. The van der Waals surface area contributed by atoms with Gasteiger partial charge in [0.2, 0.25) is 0 Å². The van der Waals surface area contributed by atoms with E-state index >= 15 is 0 Å². The third-order valence-corrected chi connectivity index (χ3v) is 3.53. The minimum Gasteiger partial charge on any atom is -0.312 e. The molecule has 1 aromatic rings. The van der Waals surface area contributed by atoms with Crippen molar-refractivity contribution in [2.45, 2.75) is 57.9 Å². The van der Waals surface area contributed by atoms with Gasteiger partial charge in [-0.05, 0) is 25.6 Å². The Morgan fingerprint density at radius 3 is 2.50 bits per heavy atom. The summed E-state index contributed by atoms with van der Waals surface area (Å²) in [5.74, 6) is 0. The van der Waals surface area contributed by atoms with Gasteiger partial charge in [-0.15, -0.1) is 0 Å². The van der Waals surface area contributed by atoms with Crippen LogP contribution in [-0.4, -0.2) is 12.0 Å². The summed E-state index contributed by atoms with van der Waals surface area (Å²) < 4.78 is 0. The van der Waals surface area contributed by atoms with Crippen LogP contribution in [0.25, 0.3) is 0 Å². The number of unbranched alkanes of at least 4 members (excludes halogenated alkanes) is 5. The van der Waals surface area contributed by atoms with E-state index in [1.165, 1.54) is 38.5 Å². The fourth-order valence-electron chi connectivity index (χ4n) is 2.16. The number of hydrogen-bond acceptors (Lipinski definition) is 2. The summed E-state index contributed by atoms with van der Waals surface area (Å²) in [6.45, 7) is 2.25. The average Bonchev–Trinajstić information content (AvgIpc) is 2.39. The van der Waals surface area contributed by atoms with Crippen molar-refractivity contribution in [1.82, 2.24) is 10.3 Å². The Bertz CT molecular complexity index is 311. The van der Waals surface area contributed by atoms with Gasteiger partial charge in [0.05, 0.1) is 10.7 Å². The van der Waals surface area contributed by atoms with Crippen LogP contribution in [0.5, 0.6) is 0 Å². The van der Waals surface area contributed by atoms with E-state index in [0.717, 1.165) is 12.1 Å². The Labute approximate surface area is 116 Å². The molecule has 0 fully saturated rings. The molecule has 102 valence electrons. The van der Waals surface area contributed by atoms with Gasteiger partial charge in [0.25, 0.3) is 0 Å². The molecule has 0 aliphatic rings. The maximum atomic E-state index is 5.85. The van der Waals surface area contributed by atoms with Gasteiger partial charge in [-0.3, -0.25) is 4.98 Å². The maximum Gasteiger partial charge on any atom is 0.0589 e. The highest BCUT2D eigenvalue weighted by Gasteiger charge is 2.09. The molecule has 3 heteroatoms. The second-order valence-corrected chi connectivity index (χ2v) is 5.24. The number of halogens is 1. The molecule has 18 heavy (non-hydrogen) atoms. The summed E-state index contributed by atoms with van der Waals surface area (Å²) in [6.07, 6.45) is 10.9. The predicted octanol–water partition coefficient (Wildman–Crippen LogP) is 4.75. The zero-order chi connectivity index (χ0) is 13.2. The topological polar surface area (TPSA) is 24.9 Å². The third kappa shape index (κ3) is 5.83. The van der Waals surface area contributed by atoms with Gasteiger partial charge in [-0.25, -0.2) is 0 Å². The first kappa shape index (κ1) is 15.5. The minimum absolute atomic E-state index is 0.355. The van der Waals surface area contributed by atoms with Crippen LogP contribution in [-0.2, 0) is 0 Å². The zero-order valence-electron chi connectivity index (χ0n) is 11.6. The van der Waals surface area contributed by atoms with Crippen molar-refractivity contribution in [3.63, 3.8) is 0 Å². The molecule has 1 heterocycles. The van der Waals surface area contributed by atoms with Gasteiger partial charge in [-0.2, -0.15) is 0 Å². The number of rotatable bonds is 9. The molecule has 2 nitrogen and oxygen atoms in total. The molecular weight excluding hydrogens is 244 g/mol. The van der Waals surface area contributed by atoms with Crippen molar-refractivity contribution in [1.29, 1.82) is 0 Å². The van der Waals surface area contributed by atoms with Crippen LogP contribution in [0.2, 0.25) is 5.02 Å². The quantitative estimate of drug-likeness (QED) is 0.654. The molecule has 0 bridgehead atoms. The summed E-state index contributed by atoms with van der Waals surface area (Å²) in [4.78, 5) is 4.38. The van der Waals surface area contributed by atoms with E-state index in [9.17, 15) is 0 Å². The summed E-state index contributed by atoms with van der Waals surface area (Å²) in [5.41, 5.74) is 1.09. The van der Waals surface area contributed by atoms with E-state index in [4.69, 9.17) is 11.6 Å². The van der Waals surface area contributed by atoms with E-state index in [-0.39, 0.29) is 0 Å². The first-order chi connectivity index (χ1) is 8.77. The molecule has 1 aromatic heterocycles. The number of hydrogen-bond donors (Lipinski definition) is 1. The van der Waals surface area contributed by atoms with Gasteiger partial charge in [0.1, 0.15) is 0 Å². The summed E-state index contributed by atoms with van der Waals surface area (Å²) in [6, 6.07) is 4.28. The van der Waals surface area contributed by atoms with Crippen LogP contribution < -0.4 is 5.32 Å². The van der Waals surface area contributed by atoms with Crippen LogP contribution in [0, 0.1) is 0 Å². The molecule has 1 N–H and O–H groups in total. The molecule has 0 aliphatic carbocycles. The van der Waals surface area contributed by atoms with Gasteiger partial charge in [0.15, 0.2) is 0 Å². The van der Waals surface area contributed by atoms with Crippen LogP contribution in [0.4, 0.5) is 0 Å². The van der Waals surface area contributed by atoms with Crippen molar-refractivity contribution >= 4 is 11.6 Å². The highest BCUT2D eigenvalue weighted by molar-refractivity contribution is 6.30. The van der Waals surface area contributed by atoms with E-state index < -0.39 is 0 Å². The smallest absolute Gasteiger partial charge is 0.0589 e. The summed E-state index contributed by atoms with van der Waals surface area (Å²) in [5, 5.41) is 4.04. The molecule has 0 saturated carbocycles. The fourth-order valence-corrected chi connectivity index (χ4v) is 2.27. The van der Waals surface area contributed by atoms with Crippen molar-refractivity contribution in [3.05, 3.63) is 29.0 Å². The lowest BCUT2D eigenvalue weighted by atomic mass is 10.0. The second kappa shape index (κ2) is 9.35. The molecule has 0 aromatic carbocycles. The molecule has 0 aliphatic heterocycles. The Kier molecular flexibility index (Phi) is 8.03. The molecule has 0 amide bonds. The Hall–Kier alpha value is -0.600. The van der Waals surface area contributed by atoms with Crippen molar-refractivity contribution in [3.8, 4) is 0 Å². The molecule has 1 atom stereocenters. The van der Waals surface area contributed by atoms with Crippen molar-refractivity contribution < 1.29 is 0 Å². The van der Waals surface area contributed by atoms with Gasteiger partial charge >= 0.3 is 0 Å². The average molecular weight is 269 g/mol. The molecular formula is C15H25ClN2. The molecule has 0 radical (unpaired) electrons. The monoisotopic (exact) mass is 268 g/mol. The van der Waals surface area contributed by atoms with E-state index in [1.54, 1.807) is 6.20 Å². The lowest BCUT2D eigenvalue weighted by Gasteiger charge is -2.15. The molecule has 0 spiro atoms. The van der Waals surface area contributed by atoms with E-state index in [2.05, 4.69) is 17.2 Å². The largest absolute Gasteiger partial charge is 0.312 e. The maximum absolute atomic E-state index is 5.85. The number of nitrogens with zero attached hydrogens (tertiary/aromatic N) is 1.